The zero-order valence-electron chi connectivity index (χ0n) is 11.7. The fourth-order valence-corrected chi connectivity index (χ4v) is 2.42. The molecule has 0 fully saturated rings. The Balaban J connectivity index is 1.85. The van der Waals surface area contributed by atoms with Gasteiger partial charge in [-0.05, 0) is 13.0 Å². The zero-order chi connectivity index (χ0) is 15.0. The molecule has 1 aromatic carbocycles. The third-order valence-corrected chi connectivity index (χ3v) is 3.84. The fraction of sp³-hybridized carbons (Fsp3) is 0.357. The first-order valence-electron chi connectivity index (χ1n) is 6.44. The zero-order valence-corrected chi connectivity index (χ0v) is 12.5. The van der Waals surface area contributed by atoms with Gasteiger partial charge in [0.25, 0.3) is 0 Å². The summed E-state index contributed by atoms with van der Waals surface area (Å²) < 4.78 is 18.0. The van der Waals surface area contributed by atoms with Crippen LogP contribution in [0.2, 0.25) is 5.02 Å². The number of nitrogens with zero attached hydrogens (tertiary/aromatic N) is 2. The van der Waals surface area contributed by atoms with Crippen LogP contribution in [0.3, 0.4) is 0 Å². The van der Waals surface area contributed by atoms with E-state index in [0.717, 1.165) is 11.4 Å². The second kappa shape index (κ2) is 5.46. The summed E-state index contributed by atoms with van der Waals surface area (Å²) >= 11 is 6.19. The van der Waals surface area contributed by atoms with Crippen molar-refractivity contribution in [1.82, 2.24) is 9.78 Å². The normalized spacial score (nSPS) is 12.8. The van der Waals surface area contributed by atoms with Gasteiger partial charge in [-0.15, -0.1) is 0 Å². The van der Waals surface area contributed by atoms with E-state index in [-0.39, 0.29) is 20.0 Å². The number of fused-ring (bicyclic) bond motifs is 1. The maximum absolute atomic E-state index is 9.44. The number of aromatic nitrogens is 2. The van der Waals surface area contributed by atoms with Crippen molar-refractivity contribution < 1.29 is 19.3 Å². The molecule has 1 N–H and O–H groups in total. The highest BCUT2D eigenvalue weighted by molar-refractivity contribution is 6.31. The summed E-state index contributed by atoms with van der Waals surface area (Å²) in [5.74, 6) is 1.76. The van der Waals surface area contributed by atoms with Gasteiger partial charge in [0, 0.05) is 18.7 Å². The number of aryl methyl sites for hydroxylation is 2. The van der Waals surface area contributed by atoms with E-state index in [9.17, 15) is 5.11 Å². The quantitative estimate of drug-likeness (QED) is 0.937. The SMILES string of the molecule is Cc1nn(C)c(COc2cc3c(cc2CO)OCO3)c1Cl. The van der Waals surface area contributed by atoms with Gasteiger partial charge in [0.05, 0.1) is 23.0 Å². The molecule has 0 saturated heterocycles. The number of halogens is 1. The molecule has 0 atom stereocenters. The van der Waals surface area contributed by atoms with E-state index in [0.29, 0.717) is 27.8 Å². The van der Waals surface area contributed by atoms with Crippen LogP contribution in [0.25, 0.3) is 0 Å². The van der Waals surface area contributed by atoms with Crippen molar-refractivity contribution in [2.45, 2.75) is 20.1 Å². The number of benzene rings is 1. The number of ether oxygens (including phenoxy) is 3. The Morgan fingerprint density at radius 3 is 2.71 bits per heavy atom. The molecule has 6 nitrogen and oxygen atoms in total. The molecule has 0 aliphatic carbocycles. The molecule has 0 amide bonds. The van der Waals surface area contributed by atoms with Crippen LogP contribution < -0.4 is 14.2 Å². The largest absolute Gasteiger partial charge is 0.487 e. The van der Waals surface area contributed by atoms with E-state index in [1.165, 1.54) is 0 Å². The molecule has 3 rings (SSSR count). The predicted molar refractivity (Wildman–Crippen MR) is 75.8 cm³/mol. The maximum Gasteiger partial charge on any atom is 0.231 e. The Morgan fingerprint density at radius 2 is 2.10 bits per heavy atom. The highest BCUT2D eigenvalue weighted by Gasteiger charge is 2.19. The summed E-state index contributed by atoms with van der Waals surface area (Å²) in [6.07, 6.45) is 0. The fourth-order valence-electron chi connectivity index (χ4n) is 2.21. The summed E-state index contributed by atoms with van der Waals surface area (Å²) in [5.41, 5.74) is 2.16. The lowest BCUT2D eigenvalue weighted by Gasteiger charge is -2.11. The Kier molecular flexibility index (Phi) is 3.65. The second-order valence-corrected chi connectivity index (χ2v) is 5.11. The molecule has 7 heteroatoms. The van der Waals surface area contributed by atoms with Gasteiger partial charge < -0.3 is 19.3 Å². The molecule has 2 aromatic rings. The van der Waals surface area contributed by atoms with Crippen molar-refractivity contribution in [1.29, 1.82) is 0 Å². The van der Waals surface area contributed by atoms with Crippen LogP contribution in [0.15, 0.2) is 12.1 Å². The molecule has 1 aromatic heterocycles. The minimum absolute atomic E-state index is 0.149. The highest BCUT2D eigenvalue weighted by Crippen LogP contribution is 2.38. The van der Waals surface area contributed by atoms with E-state index >= 15 is 0 Å². The van der Waals surface area contributed by atoms with Crippen molar-refractivity contribution in [3.05, 3.63) is 34.1 Å². The van der Waals surface area contributed by atoms with Crippen molar-refractivity contribution in [3.63, 3.8) is 0 Å². The number of rotatable bonds is 4. The number of aliphatic hydroxyl groups excluding tert-OH is 1. The molecular weight excluding hydrogens is 296 g/mol. The Bertz CT molecular complexity index is 684. The van der Waals surface area contributed by atoms with Crippen LogP contribution in [0.5, 0.6) is 17.2 Å². The van der Waals surface area contributed by atoms with Crippen LogP contribution in [-0.4, -0.2) is 21.7 Å². The summed E-state index contributed by atoms with van der Waals surface area (Å²) in [6.45, 7) is 2.12. The van der Waals surface area contributed by atoms with Gasteiger partial charge in [-0.3, -0.25) is 4.68 Å². The van der Waals surface area contributed by atoms with Gasteiger partial charge >= 0.3 is 0 Å². The van der Waals surface area contributed by atoms with E-state index in [2.05, 4.69) is 5.10 Å². The first-order valence-corrected chi connectivity index (χ1v) is 6.82. The third kappa shape index (κ3) is 2.52. The highest BCUT2D eigenvalue weighted by atomic mass is 35.5. The van der Waals surface area contributed by atoms with Gasteiger partial charge in [-0.25, -0.2) is 0 Å². The van der Waals surface area contributed by atoms with Crippen LogP contribution in [0, 0.1) is 6.92 Å². The summed E-state index contributed by atoms with van der Waals surface area (Å²) in [5, 5.41) is 14.3. The van der Waals surface area contributed by atoms with Crippen molar-refractivity contribution in [2.75, 3.05) is 6.79 Å². The van der Waals surface area contributed by atoms with Gasteiger partial charge in [0.15, 0.2) is 11.5 Å². The summed E-state index contributed by atoms with van der Waals surface area (Å²) in [4.78, 5) is 0. The Morgan fingerprint density at radius 1 is 1.38 bits per heavy atom. The molecule has 0 unspecified atom stereocenters. The molecule has 0 saturated carbocycles. The topological polar surface area (TPSA) is 65.7 Å². The average molecular weight is 311 g/mol. The molecule has 1 aliphatic rings. The van der Waals surface area contributed by atoms with Crippen LogP contribution >= 0.6 is 11.6 Å². The molecule has 0 bridgehead atoms. The standard InChI is InChI=1S/C14H15ClN2O4/c1-8-14(15)10(17(2)16-8)6-19-11-4-13-12(20-7-21-13)3-9(11)5-18/h3-4,18H,5-7H2,1-2H3. The third-order valence-electron chi connectivity index (χ3n) is 3.35. The van der Waals surface area contributed by atoms with E-state index in [4.69, 9.17) is 25.8 Å². The van der Waals surface area contributed by atoms with Gasteiger partial charge in [0.1, 0.15) is 12.4 Å². The van der Waals surface area contributed by atoms with Gasteiger partial charge in [-0.2, -0.15) is 5.10 Å². The summed E-state index contributed by atoms with van der Waals surface area (Å²) in [6, 6.07) is 3.43. The Hall–Kier alpha value is -1.92. The van der Waals surface area contributed by atoms with Crippen molar-refractivity contribution in [3.8, 4) is 17.2 Å². The lowest BCUT2D eigenvalue weighted by molar-refractivity contribution is 0.173. The predicted octanol–water partition coefficient (Wildman–Crippen LogP) is 2.18. The van der Waals surface area contributed by atoms with Crippen molar-refractivity contribution in [2.24, 2.45) is 7.05 Å². The lowest BCUT2D eigenvalue weighted by atomic mass is 10.2. The average Bonchev–Trinajstić information content (AvgIpc) is 3.01. The second-order valence-electron chi connectivity index (χ2n) is 4.73. The summed E-state index contributed by atoms with van der Waals surface area (Å²) in [7, 11) is 1.81. The maximum atomic E-state index is 9.44. The lowest BCUT2D eigenvalue weighted by Crippen LogP contribution is -2.05. The Labute approximate surface area is 126 Å². The minimum Gasteiger partial charge on any atom is -0.487 e. The molecule has 1 aliphatic heterocycles. The molecule has 2 heterocycles. The number of aliphatic hydroxyl groups is 1. The van der Waals surface area contributed by atoms with E-state index in [1.54, 1.807) is 16.8 Å². The van der Waals surface area contributed by atoms with Gasteiger partial charge in [-0.1, -0.05) is 11.6 Å². The van der Waals surface area contributed by atoms with Gasteiger partial charge in [0.2, 0.25) is 6.79 Å². The minimum atomic E-state index is -0.149. The van der Waals surface area contributed by atoms with E-state index in [1.807, 2.05) is 14.0 Å². The molecule has 0 radical (unpaired) electrons. The molecule has 112 valence electrons. The first kappa shape index (κ1) is 14.0. The van der Waals surface area contributed by atoms with Crippen LogP contribution in [0.1, 0.15) is 17.0 Å². The number of hydrogen-bond donors (Lipinski definition) is 1. The van der Waals surface area contributed by atoms with Crippen molar-refractivity contribution >= 4 is 11.6 Å². The molecule has 0 spiro atoms. The smallest absolute Gasteiger partial charge is 0.231 e. The monoisotopic (exact) mass is 310 g/mol. The van der Waals surface area contributed by atoms with Crippen LogP contribution in [-0.2, 0) is 20.3 Å². The first-order chi connectivity index (χ1) is 10.1. The van der Waals surface area contributed by atoms with E-state index < -0.39 is 0 Å². The number of hydrogen-bond acceptors (Lipinski definition) is 5. The molecule has 21 heavy (non-hydrogen) atoms. The van der Waals surface area contributed by atoms with Crippen LogP contribution in [0.4, 0.5) is 0 Å². The molecular formula is C14H15ClN2O4.